The first-order valence-electron chi connectivity index (χ1n) is 9.38. The Hall–Kier alpha value is -4.71. The van der Waals surface area contributed by atoms with Crippen molar-refractivity contribution in [3.05, 3.63) is 87.7 Å². The molecule has 1 aromatic heterocycles. The quantitative estimate of drug-likeness (QED) is 0.271. The second-order valence-corrected chi connectivity index (χ2v) is 6.91. The summed E-state index contributed by atoms with van der Waals surface area (Å²) < 4.78 is 5.65. The number of rotatable bonds is 6. The molecule has 160 valence electrons. The van der Waals surface area contributed by atoms with Crippen LogP contribution in [0.5, 0.6) is 0 Å². The molecule has 1 heterocycles. The summed E-state index contributed by atoms with van der Waals surface area (Å²) >= 11 is 0. The molecule has 0 bridgehead atoms. The number of nitro benzene ring substituents is 1. The number of hydrogen-bond acceptors (Lipinski definition) is 6. The molecular formula is C23H18N4O5. The zero-order chi connectivity index (χ0) is 23.3. The van der Waals surface area contributed by atoms with E-state index >= 15 is 0 Å². The van der Waals surface area contributed by atoms with Crippen LogP contribution >= 0.6 is 0 Å². The second-order valence-electron chi connectivity index (χ2n) is 6.91. The molecule has 0 fully saturated rings. The fraction of sp³-hybridized carbons (Fsp3) is 0.0870. The lowest BCUT2D eigenvalue weighted by Crippen LogP contribution is -2.21. The maximum absolute atomic E-state index is 12.5. The molecule has 3 aromatic rings. The Bertz CT molecular complexity index is 1230. The molecule has 9 nitrogen and oxygen atoms in total. The smallest absolute Gasteiger partial charge is 0.269 e. The number of nitrogens with one attached hydrogen (secondary N) is 1. The lowest BCUT2D eigenvalue weighted by molar-refractivity contribution is -0.384. The molecule has 0 aliphatic carbocycles. The summed E-state index contributed by atoms with van der Waals surface area (Å²) in [5.41, 5.74) is 1.30. The fourth-order valence-electron chi connectivity index (χ4n) is 2.78. The number of amides is 2. The molecule has 2 aromatic carbocycles. The number of hydrogen-bond donors (Lipinski definition) is 1. The minimum Gasteiger partial charge on any atom is -0.457 e. The lowest BCUT2D eigenvalue weighted by atomic mass is 10.1. The van der Waals surface area contributed by atoms with E-state index < -0.39 is 10.8 Å². The topological polar surface area (TPSA) is 129 Å². The lowest BCUT2D eigenvalue weighted by Gasteiger charge is -2.10. The van der Waals surface area contributed by atoms with Gasteiger partial charge in [-0.25, -0.2) is 0 Å². The molecular weight excluding hydrogens is 412 g/mol. The van der Waals surface area contributed by atoms with Crippen molar-refractivity contribution in [3.63, 3.8) is 0 Å². The molecule has 3 rings (SSSR count). The molecule has 32 heavy (non-hydrogen) atoms. The summed E-state index contributed by atoms with van der Waals surface area (Å²) in [6.45, 7) is 0. The summed E-state index contributed by atoms with van der Waals surface area (Å²) in [6, 6.07) is 17.2. The zero-order valence-corrected chi connectivity index (χ0v) is 17.2. The van der Waals surface area contributed by atoms with Gasteiger partial charge in [0.15, 0.2) is 0 Å². The Labute approximate surface area is 183 Å². The van der Waals surface area contributed by atoms with Crippen LogP contribution in [-0.2, 0) is 4.79 Å². The first-order valence-corrected chi connectivity index (χ1v) is 9.38. The maximum atomic E-state index is 12.5. The van der Waals surface area contributed by atoms with E-state index in [9.17, 15) is 25.0 Å². The monoisotopic (exact) mass is 430 g/mol. The first kappa shape index (κ1) is 22.0. The second kappa shape index (κ2) is 9.40. The predicted octanol–water partition coefficient (Wildman–Crippen LogP) is 4.10. The van der Waals surface area contributed by atoms with Gasteiger partial charge in [-0.3, -0.25) is 19.7 Å². The van der Waals surface area contributed by atoms with Crippen LogP contribution in [0.4, 0.5) is 11.4 Å². The van der Waals surface area contributed by atoms with Gasteiger partial charge in [0.25, 0.3) is 17.5 Å². The number of nitrogens with zero attached hydrogens (tertiary/aromatic N) is 3. The van der Waals surface area contributed by atoms with E-state index in [2.05, 4.69) is 5.32 Å². The third kappa shape index (κ3) is 5.06. The van der Waals surface area contributed by atoms with Crippen LogP contribution in [-0.4, -0.2) is 35.7 Å². The summed E-state index contributed by atoms with van der Waals surface area (Å²) in [6.07, 6.45) is 1.30. The van der Waals surface area contributed by atoms with Gasteiger partial charge in [0, 0.05) is 49.1 Å². The summed E-state index contributed by atoms with van der Waals surface area (Å²) in [5, 5.41) is 22.8. The van der Waals surface area contributed by atoms with E-state index in [4.69, 9.17) is 4.42 Å². The van der Waals surface area contributed by atoms with Gasteiger partial charge in [0.2, 0.25) is 0 Å². The van der Waals surface area contributed by atoms with E-state index in [1.54, 1.807) is 62.6 Å². The van der Waals surface area contributed by atoms with E-state index in [0.717, 1.165) is 0 Å². The number of benzene rings is 2. The van der Waals surface area contributed by atoms with E-state index in [1.165, 1.54) is 23.1 Å². The maximum Gasteiger partial charge on any atom is 0.269 e. The van der Waals surface area contributed by atoms with Crippen molar-refractivity contribution in [1.82, 2.24) is 4.90 Å². The molecule has 0 saturated carbocycles. The molecule has 9 heteroatoms. The van der Waals surface area contributed by atoms with Crippen molar-refractivity contribution in [2.75, 3.05) is 19.4 Å². The van der Waals surface area contributed by atoms with Gasteiger partial charge in [-0.05, 0) is 48.5 Å². The van der Waals surface area contributed by atoms with Crippen molar-refractivity contribution >= 4 is 29.3 Å². The number of carbonyl (C=O) groups excluding carboxylic acids is 2. The fourth-order valence-corrected chi connectivity index (χ4v) is 2.78. The number of nitriles is 1. The van der Waals surface area contributed by atoms with Gasteiger partial charge in [0.05, 0.1) is 4.92 Å². The molecule has 0 aliphatic rings. The number of anilines is 1. The number of carbonyl (C=O) groups is 2. The Morgan fingerprint density at radius 1 is 1.06 bits per heavy atom. The highest BCUT2D eigenvalue weighted by Gasteiger charge is 2.13. The van der Waals surface area contributed by atoms with Gasteiger partial charge < -0.3 is 14.6 Å². The summed E-state index contributed by atoms with van der Waals surface area (Å²) in [4.78, 5) is 36.1. The number of furan rings is 1. The van der Waals surface area contributed by atoms with Crippen LogP contribution < -0.4 is 5.32 Å². The van der Waals surface area contributed by atoms with Crippen LogP contribution in [0, 0.1) is 21.4 Å². The molecule has 0 radical (unpaired) electrons. The van der Waals surface area contributed by atoms with Crippen molar-refractivity contribution in [3.8, 4) is 17.4 Å². The molecule has 0 unspecified atom stereocenters. The largest absolute Gasteiger partial charge is 0.457 e. The van der Waals surface area contributed by atoms with Crippen molar-refractivity contribution in [2.24, 2.45) is 0 Å². The molecule has 1 N–H and O–H groups in total. The normalized spacial score (nSPS) is 10.8. The van der Waals surface area contributed by atoms with Crippen molar-refractivity contribution in [2.45, 2.75) is 0 Å². The van der Waals surface area contributed by atoms with E-state index in [1.807, 2.05) is 6.07 Å². The Kier molecular flexibility index (Phi) is 6.46. The van der Waals surface area contributed by atoms with E-state index in [0.29, 0.717) is 22.6 Å². The third-order valence-corrected chi connectivity index (χ3v) is 4.44. The average Bonchev–Trinajstić information content (AvgIpc) is 3.26. The van der Waals surface area contributed by atoms with Crippen molar-refractivity contribution in [1.29, 1.82) is 5.26 Å². The van der Waals surface area contributed by atoms with Gasteiger partial charge >= 0.3 is 0 Å². The Morgan fingerprint density at radius 2 is 1.72 bits per heavy atom. The van der Waals surface area contributed by atoms with Gasteiger partial charge in [-0.2, -0.15) is 5.26 Å². The molecule has 0 atom stereocenters. The molecule has 2 amide bonds. The van der Waals surface area contributed by atoms with Crippen molar-refractivity contribution < 1.29 is 18.9 Å². The highest BCUT2D eigenvalue weighted by atomic mass is 16.6. The predicted molar refractivity (Wildman–Crippen MR) is 117 cm³/mol. The van der Waals surface area contributed by atoms with E-state index in [-0.39, 0.29) is 22.9 Å². The summed E-state index contributed by atoms with van der Waals surface area (Å²) in [5.74, 6) is -0.0865. The Morgan fingerprint density at radius 3 is 2.28 bits per heavy atom. The first-order chi connectivity index (χ1) is 15.3. The molecule has 0 saturated heterocycles. The third-order valence-electron chi connectivity index (χ3n) is 4.44. The minimum atomic E-state index is -0.632. The van der Waals surface area contributed by atoms with Gasteiger partial charge in [0.1, 0.15) is 23.2 Å². The number of non-ortho nitro benzene ring substituents is 1. The van der Waals surface area contributed by atoms with Gasteiger partial charge in [-0.1, -0.05) is 0 Å². The van der Waals surface area contributed by atoms with Crippen LogP contribution in [0.3, 0.4) is 0 Å². The molecule has 0 aliphatic heterocycles. The Balaban J connectivity index is 1.73. The highest BCUT2D eigenvalue weighted by molar-refractivity contribution is 6.09. The van der Waals surface area contributed by atoms with Crippen LogP contribution in [0.2, 0.25) is 0 Å². The molecule has 0 spiro atoms. The minimum absolute atomic E-state index is 0.0389. The zero-order valence-electron chi connectivity index (χ0n) is 17.2. The number of nitro groups is 1. The standard InChI is InChI=1S/C23H18N4O5/c1-26(2)23(29)16-3-7-18(8-4-16)25-22(28)17(14-24)13-20-11-12-21(32-20)15-5-9-19(10-6-15)27(30)31/h3-13H,1-2H3,(H,25,28)/b17-13+. The summed E-state index contributed by atoms with van der Waals surface area (Å²) in [7, 11) is 3.29. The highest BCUT2D eigenvalue weighted by Crippen LogP contribution is 2.25. The SMILES string of the molecule is CN(C)C(=O)c1ccc(NC(=O)/C(C#N)=C/c2ccc(-c3ccc([N+](=O)[O-])cc3)o2)cc1. The average molecular weight is 430 g/mol. The van der Waals surface area contributed by atoms with Crippen LogP contribution in [0.15, 0.2) is 70.7 Å². The van der Waals surface area contributed by atoms with Gasteiger partial charge in [-0.15, -0.1) is 0 Å². The van der Waals surface area contributed by atoms with Crippen LogP contribution in [0.1, 0.15) is 16.1 Å². The van der Waals surface area contributed by atoms with Crippen LogP contribution in [0.25, 0.3) is 17.4 Å².